The van der Waals surface area contributed by atoms with Crippen molar-refractivity contribution >= 4 is 25.8 Å². The minimum absolute atomic E-state index is 0.0372. The van der Waals surface area contributed by atoms with Crippen LogP contribution in [-0.4, -0.2) is 77.2 Å². The number of sulfone groups is 1. The predicted octanol–water partition coefficient (Wildman–Crippen LogP) is 3.65. The minimum Gasteiger partial charge on any atom is -0.352 e. The summed E-state index contributed by atoms with van der Waals surface area (Å²) in [4.78, 5) is 15.4. The molecule has 10 heteroatoms. The highest BCUT2D eigenvalue weighted by molar-refractivity contribution is 7.90. The summed E-state index contributed by atoms with van der Waals surface area (Å²) in [6, 6.07) is 17.3. The fourth-order valence-electron chi connectivity index (χ4n) is 6.11. The Balaban J connectivity index is 1.21. The van der Waals surface area contributed by atoms with Crippen molar-refractivity contribution < 1.29 is 21.6 Å². The minimum atomic E-state index is -3.22. The van der Waals surface area contributed by atoms with Crippen LogP contribution in [0, 0.1) is 11.8 Å². The van der Waals surface area contributed by atoms with Crippen molar-refractivity contribution in [3.8, 4) is 0 Å². The molecule has 2 aliphatic rings. The molecule has 2 heterocycles. The highest BCUT2D eigenvalue weighted by atomic mass is 32.2. The molecule has 0 aromatic heterocycles. The van der Waals surface area contributed by atoms with E-state index in [1.807, 2.05) is 6.07 Å². The normalized spacial score (nSPS) is 19.4. The monoisotopic (exact) mass is 589 g/mol. The summed E-state index contributed by atoms with van der Waals surface area (Å²) in [5, 5.41) is 2.98. The maximum Gasteiger partial charge on any atom is 0.220 e. The summed E-state index contributed by atoms with van der Waals surface area (Å²) < 4.78 is 48.8. The zero-order valence-corrected chi connectivity index (χ0v) is 25.3. The van der Waals surface area contributed by atoms with Gasteiger partial charge in [0.15, 0.2) is 9.84 Å². The van der Waals surface area contributed by atoms with Crippen LogP contribution in [0.3, 0.4) is 0 Å². The Morgan fingerprint density at radius 2 is 1.50 bits per heavy atom. The number of nitrogens with zero attached hydrogens (tertiary/aromatic N) is 2. The van der Waals surface area contributed by atoms with Gasteiger partial charge in [-0.05, 0) is 92.8 Å². The second-order valence-corrected chi connectivity index (χ2v) is 15.5. The topological polar surface area (TPSA) is 104 Å². The molecule has 2 aromatic rings. The second-order valence-electron chi connectivity index (χ2n) is 11.5. The molecule has 8 nitrogen and oxygen atoms in total. The lowest BCUT2D eigenvalue weighted by molar-refractivity contribution is -0.122. The number of likely N-dealkylation sites (tertiary alicyclic amines) is 1. The van der Waals surface area contributed by atoms with Gasteiger partial charge in [0.1, 0.15) is 0 Å². The number of rotatable bonds is 11. The number of carbonyl (C=O) groups is 1. The second kappa shape index (κ2) is 13.6. The fourth-order valence-corrected chi connectivity index (χ4v) is 7.61. The van der Waals surface area contributed by atoms with Crippen molar-refractivity contribution in [2.24, 2.45) is 11.8 Å². The van der Waals surface area contributed by atoms with Crippen LogP contribution in [0.4, 0.5) is 0 Å². The first-order valence-electron chi connectivity index (χ1n) is 14.3. The largest absolute Gasteiger partial charge is 0.352 e. The Morgan fingerprint density at radius 3 is 2.08 bits per heavy atom. The van der Waals surface area contributed by atoms with Crippen LogP contribution in [0.15, 0.2) is 59.5 Å². The molecule has 1 amide bonds. The van der Waals surface area contributed by atoms with Crippen molar-refractivity contribution in [1.82, 2.24) is 14.5 Å². The van der Waals surface area contributed by atoms with E-state index in [0.717, 1.165) is 57.3 Å². The third-order valence-corrected chi connectivity index (χ3v) is 11.0. The van der Waals surface area contributed by atoms with Crippen LogP contribution in [0.1, 0.15) is 55.6 Å². The molecule has 4 rings (SSSR count). The fraction of sp³-hybridized carbons (Fsp3) is 0.567. The molecule has 0 bridgehead atoms. The molecule has 2 aliphatic heterocycles. The molecule has 1 N–H and O–H groups in total. The molecule has 2 aromatic carbocycles. The molecular weight excluding hydrogens is 546 g/mol. The summed E-state index contributed by atoms with van der Waals surface area (Å²) in [5.74, 6) is 1.30. The average molecular weight is 590 g/mol. The molecule has 40 heavy (non-hydrogen) atoms. The van der Waals surface area contributed by atoms with E-state index in [2.05, 4.69) is 34.5 Å². The number of sulfonamides is 1. The number of amides is 1. The molecule has 0 spiro atoms. The smallest absolute Gasteiger partial charge is 0.220 e. The van der Waals surface area contributed by atoms with Gasteiger partial charge in [-0.2, -0.15) is 0 Å². The van der Waals surface area contributed by atoms with E-state index >= 15 is 0 Å². The maximum atomic E-state index is 12.6. The first-order chi connectivity index (χ1) is 19.0. The van der Waals surface area contributed by atoms with E-state index in [-0.39, 0.29) is 10.8 Å². The number of hydrogen-bond acceptors (Lipinski definition) is 6. The van der Waals surface area contributed by atoms with Crippen molar-refractivity contribution in [3.63, 3.8) is 0 Å². The predicted molar refractivity (Wildman–Crippen MR) is 158 cm³/mol. The van der Waals surface area contributed by atoms with Crippen LogP contribution < -0.4 is 5.32 Å². The Kier molecular flexibility index (Phi) is 10.4. The van der Waals surface area contributed by atoms with Gasteiger partial charge in [0.2, 0.25) is 15.9 Å². The van der Waals surface area contributed by atoms with Crippen molar-refractivity contribution in [2.75, 3.05) is 45.2 Å². The van der Waals surface area contributed by atoms with Crippen LogP contribution in [-0.2, 0) is 31.2 Å². The number of piperidine rings is 2. The first kappa shape index (κ1) is 30.7. The molecule has 0 radical (unpaired) electrons. The van der Waals surface area contributed by atoms with E-state index in [1.54, 1.807) is 28.6 Å². The molecule has 0 aliphatic carbocycles. The van der Waals surface area contributed by atoms with Crippen molar-refractivity contribution in [1.29, 1.82) is 0 Å². The Bertz CT molecular complexity index is 1320. The van der Waals surface area contributed by atoms with Gasteiger partial charge in [0.25, 0.3) is 0 Å². The molecule has 1 atom stereocenters. The van der Waals surface area contributed by atoms with Gasteiger partial charge < -0.3 is 10.2 Å². The highest BCUT2D eigenvalue weighted by Crippen LogP contribution is 2.36. The third kappa shape index (κ3) is 8.86. The van der Waals surface area contributed by atoms with Crippen LogP contribution in [0.25, 0.3) is 0 Å². The SMILES string of the molecule is CS(=O)(=O)c1ccc(CNC(=O)CC2CCN(CC[C@@H](c3ccccc3)C3CCN(S(C)(=O)=O)CC3)CC2)cc1. The standard InChI is InChI=1S/C30H43N3O5S2/c1-39(35,36)28-10-8-25(9-11-28)23-31-30(34)22-24-12-17-32(18-13-24)19-16-29(26-6-4-3-5-7-26)27-14-20-33(21-15-27)40(2,37)38/h3-11,24,27,29H,12-23H2,1-2H3,(H,31,34)/t29-/m0/s1. The highest BCUT2D eigenvalue weighted by Gasteiger charge is 2.31. The van der Waals surface area contributed by atoms with E-state index in [9.17, 15) is 21.6 Å². The summed E-state index contributed by atoms with van der Waals surface area (Å²) in [5.41, 5.74) is 2.23. The number of hydrogen-bond donors (Lipinski definition) is 1. The average Bonchev–Trinajstić information content (AvgIpc) is 2.93. The molecular formula is C30H43N3O5S2. The number of nitrogens with one attached hydrogen (secondary N) is 1. The third-order valence-electron chi connectivity index (χ3n) is 8.54. The number of benzene rings is 2. The molecule has 2 saturated heterocycles. The van der Waals surface area contributed by atoms with E-state index in [1.165, 1.54) is 18.1 Å². The summed E-state index contributed by atoms with van der Waals surface area (Å²) in [7, 11) is -6.35. The number of carbonyl (C=O) groups excluding carboxylic acids is 1. The Hall–Kier alpha value is -2.27. The molecule has 0 unspecified atom stereocenters. The van der Waals surface area contributed by atoms with Crippen LogP contribution in [0.2, 0.25) is 0 Å². The lowest BCUT2D eigenvalue weighted by Gasteiger charge is -2.37. The van der Waals surface area contributed by atoms with Gasteiger partial charge >= 0.3 is 0 Å². The van der Waals surface area contributed by atoms with Gasteiger partial charge in [-0.1, -0.05) is 42.5 Å². The van der Waals surface area contributed by atoms with Crippen molar-refractivity contribution in [2.45, 2.75) is 55.9 Å². The van der Waals surface area contributed by atoms with Gasteiger partial charge in [-0.3, -0.25) is 4.79 Å². The van der Waals surface area contributed by atoms with E-state index < -0.39 is 19.9 Å². The Labute approximate surface area is 240 Å². The summed E-state index contributed by atoms with van der Waals surface area (Å²) >= 11 is 0. The molecule has 2 fully saturated rings. The summed E-state index contributed by atoms with van der Waals surface area (Å²) in [6.45, 7) is 4.58. The van der Waals surface area contributed by atoms with E-state index in [4.69, 9.17) is 0 Å². The van der Waals surface area contributed by atoms with Crippen LogP contribution in [0.5, 0.6) is 0 Å². The first-order valence-corrected chi connectivity index (χ1v) is 18.0. The van der Waals surface area contributed by atoms with Gasteiger partial charge in [-0.25, -0.2) is 21.1 Å². The van der Waals surface area contributed by atoms with Gasteiger partial charge in [0.05, 0.1) is 11.2 Å². The van der Waals surface area contributed by atoms with Gasteiger partial charge in [0, 0.05) is 32.3 Å². The van der Waals surface area contributed by atoms with Crippen LogP contribution >= 0.6 is 0 Å². The zero-order valence-electron chi connectivity index (χ0n) is 23.7. The zero-order chi connectivity index (χ0) is 28.8. The van der Waals surface area contributed by atoms with E-state index in [0.29, 0.717) is 43.8 Å². The van der Waals surface area contributed by atoms with Crippen molar-refractivity contribution in [3.05, 3.63) is 65.7 Å². The lowest BCUT2D eigenvalue weighted by atomic mass is 9.78. The molecule has 220 valence electrons. The van der Waals surface area contributed by atoms with Gasteiger partial charge in [-0.15, -0.1) is 0 Å². The Morgan fingerprint density at radius 1 is 0.875 bits per heavy atom. The quantitative estimate of drug-likeness (QED) is 0.429. The maximum absolute atomic E-state index is 12.6. The lowest BCUT2D eigenvalue weighted by Crippen LogP contribution is -2.40. The summed E-state index contributed by atoms with van der Waals surface area (Å²) in [6.07, 6.45) is 7.84. The molecule has 0 saturated carbocycles.